The Kier molecular flexibility index (Phi) is 4.40. The van der Waals surface area contributed by atoms with E-state index in [2.05, 4.69) is 25.4 Å². The Morgan fingerprint density at radius 1 is 1.00 bits per heavy atom. The average Bonchev–Trinajstić information content (AvgIpc) is 3.11. The van der Waals surface area contributed by atoms with Crippen LogP contribution in [0.25, 0.3) is 16.9 Å². The van der Waals surface area contributed by atoms with E-state index in [1.165, 1.54) is 6.20 Å². The number of carbonyl (C=O) groups is 1. The molecular formula is C20H16N6O. The molecule has 0 unspecified atom stereocenters. The van der Waals surface area contributed by atoms with E-state index in [4.69, 9.17) is 0 Å². The molecule has 4 rings (SSSR count). The fourth-order valence-corrected chi connectivity index (χ4v) is 2.66. The van der Waals surface area contributed by atoms with Gasteiger partial charge in [0.1, 0.15) is 5.82 Å². The number of nitrogens with zero attached hydrogens (tertiary/aromatic N) is 5. The molecule has 0 atom stereocenters. The lowest BCUT2D eigenvalue weighted by atomic mass is 10.2. The van der Waals surface area contributed by atoms with E-state index in [9.17, 15) is 4.79 Å². The first-order valence-corrected chi connectivity index (χ1v) is 8.35. The van der Waals surface area contributed by atoms with E-state index in [0.717, 1.165) is 22.6 Å². The van der Waals surface area contributed by atoms with Crippen LogP contribution in [0.4, 0.5) is 5.82 Å². The number of hydrogen-bond donors (Lipinski definition) is 1. The van der Waals surface area contributed by atoms with Crippen molar-refractivity contribution in [2.24, 2.45) is 0 Å². The lowest BCUT2D eigenvalue weighted by Gasteiger charge is -2.07. The van der Waals surface area contributed by atoms with Crippen molar-refractivity contribution in [2.75, 3.05) is 5.32 Å². The van der Waals surface area contributed by atoms with Crippen LogP contribution < -0.4 is 5.32 Å². The third-order valence-electron chi connectivity index (χ3n) is 4.00. The third-order valence-corrected chi connectivity index (χ3v) is 4.00. The summed E-state index contributed by atoms with van der Waals surface area (Å²) in [7, 11) is 0. The number of carbonyl (C=O) groups excluding carboxylic acids is 1. The lowest BCUT2D eigenvalue weighted by Crippen LogP contribution is -2.13. The number of rotatable bonds is 4. The second-order valence-corrected chi connectivity index (χ2v) is 5.92. The van der Waals surface area contributed by atoms with Crippen LogP contribution in [-0.2, 0) is 0 Å². The van der Waals surface area contributed by atoms with Crippen LogP contribution in [0.1, 0.15) is 16.1 Å². The van der Waals surface area contributed by atoms with Gasteiger partial charge in [0.25, 0.3) is 5.91 Å². The number of aryl methyl sites for hydroxylation is 1. The Hall–Kier alpha value is -3.87. The quantitative estimate of drug-likeness (QED) is 0.606. The van der Waals surface area contributed by atoms with Crippen LogP contribution in [0, 0.1) is 6.92 Å². The molecule has 7 nitrogen and oxygen atoms in total. The van der Waals surface area contributed by atoms with Gasteiger partial charge in [0, 0.05) is 36.0 Å². The maximum absolute atomic E-state index is 12.2. The Morgan fingerprint density at radius 3 is 2.48 bits per heavy atom. The highest BCUT2D eigenvalue weighted by molar-refractivity contribution is 6.03. The SMILES string of the molecule is Cc1cc(-c2cccnc2)nn1-c1ccc(NC(=O)c2cccnc2)nc1. The Bertz CT molecular complexity index is 1060. The third kappa shape index (κ3) is 3.57. The van der Waals surface area contributed by atoms with Gasteiger partial charge in [0.2, 0.25) is 0 Å². The molecule has 1 amide bonds. The van der Waals surface area contributed by atoms with Gasteiger partial charge in [0.15, 0.2) is 0 Å². The molecule has 0 aliphatic carbocycles. The predicted octanol–water partition coefficient (Wildman–Crippen LogP) is 3.29. The molecule has 132 valence electrons. The van der Waals surface area contributed by atoms with Gasteiger partial charge in [-0.2, -0.15) is 5.10 Å². The minimum absolute atomic E-state index is 0.252. The van der Waals surface area contributed by atoms with Crippen molar-refractivity contribution in [1.82, 2.24) is 24.7 Å². The van der Waals surface area contributed by atoms with Crippen molar-refractivity contribution >= 4 is 11.7 Å². The molecule has 1 N–H and O–H groups in total. The van der Waals surface area contributed by atoms with Gasteiger partial charge in [-0.25, -0.2) is 9.67 Å². The van der Waals surface area contributed by atoms with Crippen LogP contribution in [0.3, 0.4) is 0 Å². The summed E-state index contributed by atoms with van der Waals surface area (Å²) >= 11 is 0. The van der Waals surface area contributed by atoms with Gasteiger partial charge in [-0.05, 0) is 49.4 Å². The van der Waals surface area contributed by atoms with Gasteiger partial charge in [-0.3, -0.25) is 14.8 Å². The highest BCUT2D eigenvalue weighted by Crippen LogP contribution is 2.20. The van der Waals surface area contributed by atoms with Crippen LogP contribution in [0.2, 0.25) is 0 Å². The fourth-order valence-electron chi connectivity index (χ4n) is 2.66. The van der Waals surface area contributed by atoms with Crippen molar-refractivity contribution in [3.05, 3.63) is 84.7 Å². The predicted molar refractivity (Wildman–Crippen MR) is 102 cm³/mol. The van der Waals surface area contributed by atoms with Crippen molar-refractivity contribution in [2.45, 2.75) is 6.92 Å². The van der Waals surface area contributed by atoms with Gasteiger partial charge in [0.05, 0.1) is 23.1 Å². The molecule has 0 bridgehead atoms. The summed E-state index contributed by atoms with van der Waals surface area (Å²) in [5.41, 5.74) is 4.06. The summed E-state index contributed by atoms with van der Waals surface area (Å²) in [6, 6.07) is 12.9. The number of pyridine rings is 3. The average molecular weight is 356 g/mol. The van der Waals surface area contributed by atoms with Crippen LogP contribution >= 0.6 is 0 Å². The molecule has 0 aromatic carbocycles. The van der Waals surface area contributed by atoms with Crippen molar-refractivity contribution < 1.29 is 4.79 Å². The van der Waals surface area contributed by atoms with Crippen molar-refractivity contribution in [1.29, 1.82) is 0 Å². The fraction of sp³-hybridized carbons (Fsp3) is 0.0500. The van der Waals surface area contributed by atoms with Crippen molar-refractivity contribution in [3.63, 3.8) is 0 Å². The number of hydrogen-bond acceptors (Lipinski definition) is 5. The first-order chi connectivity index (χ1) is 13.2. The maximum Gasteiger partial charge on any atom is 0.258 e. The lowest BCUT2D eigenvalue weighted by molar-refractivity contribution is 0.102. The molecule has 0 saturated carbocycles. The molecule has 0 radical (unpaired) electrons. The minimum Gasteiger partial charge on any atom is -0.307 e. The van der Waals surface area contributed by atoms with E-state index in [1.807, 2.05) is 35.9 Å². The molecule has 4 aromatic rings. The summed E-state index contributed by atoms with van der Waals surface area (Å²) in [6.07, 6.45) is 8.32. The Labute approximate surface area is 155 Å². The normalized spacial score (nSPS) is 10.6. The monoisotopic (exact) mass is 356 g/mol. The topological polar surface area (TPSA) is 85.6 Å². The van der Waals surface area contributed by atoms with Gasteiger partial charge < -0.3 is 5.32 Å². The van der Waals surface area contributed by atoms with Gasteiger partial charge >= 0.3 is 0 Å². The molecule has 0 aliphatic rings. The largest absolute Gasteiger partial charge is 0.307 e. The Morgan fingerprint density at radius 2 is 1.81 bits per heavy atom. The second-order valence-electron chi connectivity index (χ2n) is 5.92. The first kappa shape index (κ1) is 16.6. The molecular weight excluding hydrogens is 340 g/mol. The van der Waals surface area contributed by atoms with E-state index >= 15 is 0 Å². The van der Waals surface area contributed by atoms with Gasteiger partial charge in [-0.15, -0.1) is 0 Å². The maximum atomic E-state index is 12.2. The zero-order chi connectivity index (χ0) is 18.6. The molecule has 0 saturated heterocycles. The van der Waals surface area contributed by atoms with E-state index in [1.54, 1.807) is 43.0 Å². The van der Waals surface area contributed by atoms with E-state index in [-0.39, 0.29) is 5.91 Å². The standard InChI is InChI=1S/C20H16N6O/c1-14-10-18(15-4-2-8-21-11-15)25-26(14)17-6-7-19(23-13-17)24-20(27)16-5-3-9-22-12-16/h2-13H,1H3,(H,23,24,27). The molecule has 4 aromatic heterocycles. The van der Waals surface area contributed by atoms with E-state index in [0.29, 0.717) is 11.4 Å². The zero-order valence-corrected chi connectivity index (χ0v) is 14.6. The summed E-state index contributed by atoms with van der Waals surface area (Å²) < 4.78 is 1.81. The van der Waals surface area contributed by atoms with Crippen LogP contribution in [0.5, 0.6) is 0 Å². The molecule has 0 spiro atoms. The number of amides is 1. The molecule has 0 fully saturated rings. The second kappa shape index (κ2) is 7.17. The van der Waals surface area contributed by atoms with Crippen LogP contribution in [-0.4, -0.2) is 30.6 Å². The Balaban J connectivity index is 1.54. The van der Waals surface area contributed by atoms with Crippen molar-refractivity contribution in [3.8, 4) is 16.9 Å². The molecule has 27 heavy (non-hydrogen) atoms. The van der Waals surface area contributed by atoms with Crippen LogP contribution in [0.15, 0.2) is 73.4 Å². The molecule has 0 aliphatic heterocycles. The molecule has 7 heteroatoms. The summed E-state index contributed by atoms with van der Waals surface area (Å²) in [5.74, 6) is 0.211. The highest BCUT2D eigenvalue weighted by Gasteiger charge is 2.10. The minimum atomic E-state index is -0.252. The van der Waals surface area contributed by atoms with E-state index < -0.39 is 0 Å². The first-order valence-electron chi connectivity index (χ1n) is 8.35. The van der Waals surface area contributed by atoms with Gasteiger partial charge in [-0.1, -0.05) is 0 Å². The molecule has 4 heterocycles. The smallest absolute Gasteiger partial charge is 0.258 e. The number of nitrogens with one attached hydrogen (secondary N) is 1. The summed E-state index contributed by atoms with van der Waals surface area (Å²) in [4.78, 5) is 24.6. The highest BCUT2D eigenvalue weighted by atomic mass is 16.1. The number of anilines is 1. The summed E-state index contributed by atoms with van der Waals surface area (Å²) in [6.45, 7) is 1.98. The zero-order valence-electron chi connectivity index (χ0n) is 14.6. The summed E-state index contributed by atoms with van der Waals surface area (Å²) in [5, 5.41) is 7.38. The number of aromatic nitrogens is 5.